The number of rotatable bonds is 6. The summed E-state index contributed by atoms with van der Waals surface area (Å²) in [6, 6.07) is 0. The van der Waals surface area contributed by atoms with Crippen LogP contribution < -0.4 is 5.32 Å². The highest BCUT2D eigenvalue weighted by Gasteiger charge is 2.31. The third kappa shape index (κ3) is 5.21. The third-order valence-corrected chi connectivity index (χ3v) is 3.82. The molecule has 0 aliphatic heterocycles. The van der Waals surface area contributed by atoms with Crippen molar-refractivity contribution in [3.63, 3.8) is 0 Å². The Morgan fingerprint density at radius 3 is 2.69 bits per heavy atom. The highest BCUT2D eigenvalue weighted by Crippen LogP contribution is 2.30. The number of amides is 1. The number of hydrogen-bond acceptors (Lipinski definition) is 3. The van der Waals surface area contributed by atoms with Crippen molar-refractivity contribution < 1.29 is 9.90 Å². The Labute approximate surface area is 102 Å². The molecule has 0 atom stereocenters. The zero-order chi connectivity index (χ0) is 11.9. The molecule has 0 aromatic rings. The lowest BCUT2D eigenvalue weighted by Gasteiger charge is -2.31. The van der Waals surface area contributed by atoms with Gasteiger partial charge in [0.15, 0.2) is 0 Å². The number of thioether (sulfide) groups is 1. The summed E-state index contributed by atoms with van der Waals surface area (Å²) < 4.78 is 0. The maximum Gasteiger partial charge on any atom is 0.222 e. The van der Waals surface area contributed by atoms with Crippen LogP contribution in [0.1, 0.15) is 44.9 Å². The Morgan fingerprint density at radius 1 is 1.38 bits per heavy atom. The minimum atomic E-state index is -0.720. The van der Waals surface area contributed by atoms with Crippen molar-refractivity contribution in [3.05, 3.63) is 0 Å². The van der Waals surface area contributed by atoms with Gasteiger partial charge in [-0.1, -0.05) is 19.3 Å². The summed E-state index contributed by atoms with van der Waals surface area (Å²) in [4.78, 5) is 11.6. The Kier molecular flexibility index (Phi) is 6.21. The molecule has 0 bridgehead atoms. The second kappa shape index (κ2) is 7.17. The van der Waals surface area contributed by atoms with E-state index < -0.39 is 5.60 Å². The fraction of sp³-hybridized carbons (Fsp3) is 0.917. The number of nitrogens with one attached hydrogen (secondary N) is 1. The number of aliphatic hydroxyl groups is 1. The molecule has 1 aliphatic carbocycles. The van der Waals surface area contributed by atoms with E-state index in [1.54, 1.807) is 11.8 Å². The Balaban J connectivity index is 2.17. The lowest BCUT2D eigenvalue weighted by Crippen LogP contribution is -2.38. The maximum atomic E-state index is 11.6. The molecule has 0 heterocycles. The molecule has 4 heteroatoms. The average Bonchev–Trinajstić information content (AvgIpc) is 2.25. The van der Waals surface area contributed by atoms with Crippen LogP contribution in [0.2, 0.25) is 0 Å². The van der Waals surface area contributed by atoms with E-state index in [4.69, 9.17) is 0 Å². The normalized spacial score (nSPS) is 19.4. The average molecular weight is 245 g/mol. The van der Waals surface area contributed by atoms with E-state index in [0.717, 1.165) is 44.4 Å². The second-order valence-corrected chi connectivity index (χ2v) is 5.64. The van der Waals surface area contributed by atoms with E-state index in [2.05, 4.69) is 11.6 Å². The van der Waals surface area contributed by atoms with Gasteiger partial charge in [-0.05, 0) is 31.3 Å². The van der Waals surface area contributed by atoms with Crippen molar-refractivity contribution in [1.82, 2.24) is 5.32 Å². The Morgan fingerprint density at radius 2 is 2.06 bits per heavy atom. The van der Waals surface area contributed by atoms with E-state index >= 15 is 0 Å². The van der Waals surface area contributed by atoms with Gasteiger partial charge in [-0.2, -0.15) is 11.8 Å². The molecule has 0 aromatic carbocycles. The first kappa shape index (κ1) is 13.8. The third-order valence-electron chi connectivity index (χ3n) is 3.12. The van der Waals surface area contributed by atoms with Crippen molar-refractivity contribution >= 4 is 17.7 Å². The minimum absolute atomic E-state index is 0.00510. The smallest absolute Gasteiger partial charge is 0.222 e. The van der Waals surface area contributed by atoms with Crippen molar-refractivity contribution in [1.29, 1.82) is 0 Å². The van der Waals surface area contributed by atoms with Gasteiger partial charge in [-0.25, -0.2) is 0 Å². The van der Waals surface area contributed by atoms with Gasteiger partial charge in [0.2, 0.25) is 5.91 Å². The van der Waals surface area contributed by atoms with Crippen molar-refractivity contribution in [3.8, 4) is 0 Å². The van der Waals surface area contributed by atoms with Crippen LogP contribution in [0.15, 0.2) is 0 Å². The van der Waals surface area contributed by atoms with Crippen LogP contribution in [0.4, 0.5) is 0 Å². The van der Waals surface area contributed by atoms with Gasteiger partial charge in [0.05, 0.1) is 12.0 Å². The summed E-state index contributed by atoms with van der Waals surface area (Å²) >= 11 is 1.79. The van der Waals surface area contributed by atoms with Gasteiger partial charge in [-0.15, -0.1) is 0 Å². The molecule has 94 valence electrons. The topological polar surface area (TPSA) is 49.3 Å². The monoisotopic (exact) mass is 245 g/mol. The molecule has 0 spiro atoms. The number of hydrogen-bond donors (Lipinski definition) is 2. The Hall–Kier alpha value is -0.220. The summed E-state index contributed by atoms with van der Waals surface area (Å²) in [7, 11) is 0. The lowest BCUT2D eigenvalue weighted by molar-refractivity contribution is -0.127. The van der Waals surface area contributed by atoms with Gasteiger partial charge >= 0.3 is 0 Å². The van der Waals surface area contributed by atoms with Gasteiger partial charge < -0.3 is 10.4 Å². The fourth-order valence-electron chi connectivity index (χ4n) is 2.19. The van der Waals surface area contributed by atoms with E-state index in [1.807, 2.05) is 0 Å². The van der Waals surface area contributed by atoms with E-state index in [-0.39, 0.29) is 12.3 Å². The zero-order valence-electron chi connectivity index (χ0n) is 10.1. The fourth-order valence-corrected chi connectivity index (χ4v) is 2.63. The van der Waals surface area contributed by atoms with Crippen LogP contribution in [0.3, 0.4) is 0 Å². The van der Waals surface area contributed by atoms with Gasteiger partial charge in [0, 0.05) is 6.54 Å². The van der Waals surface area contributed by atoms with E-state index in [0.29, 0.717) is 0 Å². The van der Waals surface area contributed by atoms with Crippen LogP contribution in [0.25, 0.3) is 0 Å². The summed E-state index contributed by atoms with van der Waals surface area (Å²) in [5.41, 5.74) is -0.720. The van der Waals surface area contributed by atoms with Crippen LogP contribution in [0, 0.1) is 0 Å². The SMILES string of the molecule is CSCCCNC(=O)CC1(O)CCCCC1. The molecule has 0 aromatic heterocycles. The molecular weight excluding hydrogens is 222 g/mol. The van der Waals surface area contributed by atoms with Crippen LogP contribution in [0.5, 0.6) is 0 Å². The molecule has 0 saturated heterocycles. The molecular formula is C12H23NO2S. The first-order valence-electron chi connectivity index (χ1n) is 6.14. The van der Waals surface area contributed by atoms with Gasteiger partial charge in [-0.3, -0.25) is 4.79 Å². The molecule has 3 nitrogen and oxygen atoms in total. The molecule has 1 fully saturated rings. The molecule has 16 heavy (non-hydrogen) atoms. The maximum absolute atomic E-state index is 11.6. The predicted molar refractivity (Wildman–Crippen MR) is 68.7 cm³/mol. The van der Waals surface area contributed by atoms with Crippen LogP contribution >= 0.6 is 11.8 Å². The molecule has 1 saturated carbocycles. The molecule has 2 N–H and O–H groups in total. The quantitative estimate of drug-likeness (QED) is 0.703. The second-order valence-electron chi connectivity index (χ2n) is 4.66. The van der Waals surface area contributed by atoms with Crippen molar-refractivity contribution in [2.45, 2.75) is 50.5 Å². The molecule has 0 radical (unpaired) electrons. The first-order chi connectivity index (χ1) is 7.66. The molecule has 1 rings (SSSR count). The van der Waals surface area contributed by atoms with Gasteiger partial charge in [0.1, 0.15) is 0 Å². The number of carbonyl (C=O) groups is 1. The lowest BCUT2D eigenvalue weighted by atomic mass is 9.82. The van der Waals surface area contributed by atoms with E-state index in [9.17, 15) is 9.90 Å². The summed E-state index contributed by atoms with van der Waals surface area (Å²) in [5.74, 6) is 1.08. The van der Waals surface area contributed by atoms with Crippen LogP contribution in [-0.4, -0.2) is 35.2 Å². The summed E-state index contributed by atoms with van der Waals surface area (Å²) in [6.07, 6.45) is 8.21. The highest BCUT2D eigenvalue weighted by molar-refractivity contribution is 7.98. The highest BCUT2D eigenvalue weighted by atomic mass is 32.2. The van der Waals surface area contributed by atoms with Crippen LogP contribution in [-0.2, 0) is 4.79 Å². The zero-order valence-corrected chi connectivity index (χ0v) is 10.9. The van der Waals surface area contributed by atoms with E-state index in [1.165, 1.54) is 6.42 Å². The standard InChI is InChI=1S/C12H23NO2S/c1-16-9-5-8-13-11(14)10-12(15)6-3-2-4-7-12/h15H,2-10H2,1H3,(H,13,14). The minimum Gasteiger partial charge on any atom is -0.389 e. The number of carbonyl (C=O) groups excluding carboxylic acids is 1. The molecule has 1 amide bonds. The molecule has 1 aliphatic rings. The largest absolute Gasteiger partial charge is 0.389 e. The molecule has 0 unspecified atom stereocenters. The Bertz CT molecular complexity index is 215. The van der Waals surface area contributed by atoms with Crippen molar-refractivity contribution in [2.24, 2.45) is 0 Å². The first-order valence-corrected chi connectivity index (χ1v) is 7.54. The summed E-state index contributed by atoms with van der Waals surface area (Å²) in [5, 5.41) is 13.1. The summed E-state index contributed by atoms with van der Waals surface area (Å²) in [6.45, 7) is 0.732. The van der Waals surface area contributed by atoms with Gasteiger partial charge in [0.25, 0.3) is 0 Å². The van der Waals surface area contributed by atoms with Crippen molar-refractivity contribution in [2.75, 3.05) is 18.6 Å². The predicted octanol–water partition coefficient (Wildman–Crippen LogP) is 1.94.